The van der Waals surface area contributed by atoms with E-state index in [0.29, 0.717) is 35.2 Å². The molecule has 0 saturated carbocycles. The van der Waals surface area contributed by atoms with E-state index in [1.807, 2.05) is 24.3 Å². The topological polar surface area (TPSA) is 94.0 Å². The van der Waals surface area contributed by atoms with Gasteiger partial charge in [0.15, 0.2) is 23.0 Å². The van der Waals surface area contributed by atoms with E-state index in [1.54, 1.807) is 27.5 Å². The lowest BCUT2D eigenvalue weighted by Crippen LogP contribution is -2.37. The summed E-state index contributed by atoms with van der Waals surface area (Å²) in [6.07, 6.45) is 2.21. The molecule has 0 amide bonds. The Morgan fingerprint density at radius 2 is 1.64 bits per heavy atom. The lowest BCUT2D eigenvalue weighted by Gasteiger charge is -2.37. The maximum absolute atomic E-state index is 13.1. The Bertz CT molecular complexity index is 1040. The highest BCUT2D eigenvalue weighted by molar-refractivity contribution is 5.81. The first-order valence-corrected chi connectivity index (χ1v) is 10.4. The van der Waals surface area contributed by atoms with Gasteiger partial charge in [0.1, 0.15) is 7.11 Å². The van der Waals surface area contributed by atoms with Gasteiger partial charge in [-0.1, -0.05) is 5.16 Å². The van der Waals surface area contributed by atoms with Crippen LogP contribution in [0.4, 0.5) is 0 Å². The summed E-state index contributed by atoms with van der Waals surface area (Å²) in [4.78, 5) is 18.1. The number of carbonyl (C=O) groups excluding carboxylic acids is 1. The van der Waals surface area contributed by atoms with Crippen LogP contribution in [-0.2, 0) is 20.8 Å². The monoisotopic (exact) mass is 457 g/mol. The summed E-state index contributed by atoms with van der Waals surface area (Å²) in [5, 5.41) is 3.97. The van der Waals surface area contributed by atoms with Gasteiger partial charge in [-0.2, -0.15) is 0 Å². The van der Waals surface area contributed by atoms with Crippen molar-refractivity contribution in [2.45, 2.75) is 12.3 Å². The van der Waals surface area contributed by atoms with Crippen molar-refractivity contribution in [1.29, 1.82) is 0 Å². The molecular weight excluding hydrogens is 430 g/mol. The van der Waals surface area contributed by atoms with E-state index in [-0.39, 0.29) is 18.7 Å². The van der Waals surface area contributed by atoms with Gasteiger partial charge in [0, 0.05) is 18.1 Å². The summed E-state index contributed by atoms with van der Waals surface area (Å²) in [5.74, 6) is 1.14. The molecule has 0 N–H and O–H groups in total. The van der Waals surface area contributed by atoms with Gasteiger partial charge in [-0.05, 0) is 47.4 Å². The average molecular weight is 457 g/mol. The molecule has 9 nitrogen and oxygen atoms in total. The summed E-state index contributed by atoms with van der Waals surface area (Å²) in [7, 11) is 7.51. The highest BCUT2D eigenvalue weighted by atomic mass is 16.7. The van der Waals surface area contributed by atoms with Crippen LogP contribution in [0.25, 0.3) is 0 Å². The van der Waals surface area contributed by atoms with Crippen molar-refractivity contribution in [3.8, 4) is 28.7 Å². The number of esters is 1. The quantitative estimate of drug-likeness (QED) is 0.356. The minimum atomic E-state index is -0.579. The second-order valence-corrected chi connectivity index (χ2v) is 7.69. The maximum atomic E-state index is 13.1. The molecule has 1 heterocycles. The van der Waals surface area contributed by atoms with Gasteiger partial charge in [-0.3, -0.25) is 4.79 Å². The Balaban J connectivity index is 1.96. The molecule has 0 spiro atoms. The van der Waals surface area contributed by atoms with E-state index in [9.17, 15) is 4.79 Å². The number of ether oxygens (including phenoxy) is 6. The van der Waals surface area contributed by atoms with Crippen LogP contribution in [0, 0.1) is 11.8 Å². The molecule has 9 heteroatoms. The van der Waals surface area contributed by atoms with Crippen molar-refractivity contribution >= 4 is 12.2 Å². The first-order chi connectivity index (χ1) is 16.1. The van der Waals surface area contributed by atoms with E-state index < -0.39 is 11.8 Å². The molecule has 0 unspecified atom stereocenters. The maximum Gasteiger partial charge on any atom is 0.310 e. The molecule has 1 aliphatic heterocycles. The second kappa shape index (κ2) is 9.48. The van der Waals surface area contributed by atoms with E-state index in [0.717, 1.165) is 16.7 Å². The van der Waals surface area contributed by atoms with Gasteiger partial charge in [0.25, 0.3) is 0 Å². The number of carbonyl (C=O) groups is 1. The SMILES string of the molecule is CO/N=C/[C@@H]1Cc2cc3c(cc2[C@@H](c2cc(OC)c(OC)c(OC)c2)[C@@H]1C(=O)OC)OCO3. The summed E-state index contributed by atoms with van der Waals surface area (Å²) >= 11 is 0. The van der Waals surface area contributed by atoms with Crippen molar-refractivity contribution in [1.82, 2.24) is 0 Å². The van der Waals surface area contributed by atoms with E-state index >= 15 is 0 Å². The average Bonchev–Trinajstić information content (AvgIpc) is 3.30. The molecule has 0 fully saturated rings. The minimum Gasteiger partial charge on any atom is -0.493 e. The third-order valence-corrected chi connectivity index (χ3v) is 6.12. The highest BCUT2D eigenvalue weighted by Crippen LogP contribution is 2.50. The van der Waals surface area contributed by atoms with Gasteiger partial charge >= 0.3 is 5.97 Å². The normalized spacial score (nSPS) is 20.8. The number of fused-ring (bicyclic) bond motifs is 2. The van der Waals surface area contributed by atoms with Crippen LogP contribution >= 0.6 is 0 Å². The lowest BCUT2D eigenvalue weighted by atomic mass is 9.66. The van der Waals surface area contributed by atoms with Gasteiger partial charge in [-0.25, -0.2) is 0 Å². The number of rotatable bonds is 7. The number of nitrogens with zero attached hydrogens (tertiary/aromatic N) is 1. The molecule has 4 rings (SSSR count). The van der Waals surface area contributed by atoms with E-state index in [4.69, 9.17) is 33.3 Å². The van der Waals surface area contributed by atoms with Crippen LogP contribution in [0.3, 0.4) is 0 Å². The number of oxime groups is 1. The Kier molecular flexibility index (Phi) is 6.48. The summed E-state index contributed by atoms with van der Waals surface area (Å²) in [6, 6.07) is 7.60. The molecular formula is C24H27NO8. The molecule has 3 atom stereocenters. The number of hydrogen-bond acceptors (Lipinski definition) is 9. The minimum absolute atomic E-state index is 0.155. The van der Waals surface area contributed by atoms with Crippen LogP contribution in [0.15, 0.2) is 29.4 Å². The van der Waals surface area contributed by atoms with Crippen LogP contribution in [0.5, 0.6) is 28.7 Å². The Hall–Kier alpha value is -3.62. The molecule has 0 bridgehead atoms. The zero-order valence-corrected chi connectivity index (χ0v) is 19.2. The van der Waals surface area contributed by atoms with Crippen LogP contribution in [0.2, 0.25) is 0 Å². The van der Waals surface area contributed by atoms with E-state index in [2.05, 4.69) is 5.16 Å². The van der Waals surface area contributed by atoms with Crippen molar-refractivity contribution in [2.75, 3.05) is 42.3 Å². The highest BCUT2D eigenvalue weighted by Gasteiger charge is 2.44. The first kappa shape index (κ1) is 22.6. The van der Waals surface area contributed by atoms with Crippen molar-refractivity contribution < 1.29 is 38.1 Å². The van der Waals surface area contributed by atoms with Crippen molar-refractivity contribution in [2.24, 2.45) is 17.0 Å². The standard InChI is InChI=1S/C24H27NO8/c1-27-19-8-14(9-20(28-2)23(19)29-3)21-16-10-18-17(32-12-33-18)7-13(16)6-15(11-25-31-5)22(21)24(26)30-4/h7-11,15,21-22H,6,12H2,1-5H3/b25-11+/t15-,21+,22+/m0/s1. The summed E-state index contributed by atoms with van der Waals surface area (Å²) < 4.78 is 33.1. The zero-order valence-electron chi connectivity index (χ0n) is 19.2. The van der Waals surface area contributed by atoms with Gasteiger partial charge in [0.05, 0.1) is 34.4 Å². The second-order valence-electron chi connectivity index (χ2n) is 7.69. The largest absolute Gasteiger partial charge is 0.493 e. The Morgan fingerprint density at radius 3 is 2.21 bits per heavy atom. The molecule has 0 saturated heterocycles. The van der Waals surface area contributed by atoms with Crippen molar-refractivity contribution in [3.05, 3.63) is 41.0 Å². The van der Waals surface area contributed by atoms with E-state index in [1.165, 1.54) is 14.2 Å². The first-order valence-electron chi connectivity index (χ1n) is 10.4. The molecule has 33 heavy (non-hydrogen) atoms. The molecule has 176 valence electrons. The third-order valence-electron chi connectivity index (χ3n) is 6.12. The van der Waals surface area contributed by atoms with Crippen molar-refractivity contribution in [3.63, 3.8) is 0 Å². The summed E-state index contributed by atoms with van der Waals surface area (Å²) in [5.41, 5.74) is 2.76. The van der Waals surface area contributed by atoms with Gasteiger partial charge < -0.3 is 33.3 Å². The molecule has 0 radical (unpaired) electrons. The predicted molar refractivity (Wildman–Crippen MR) is 119 cm³/mol. The van der Waals surface area contributed by atoms with Crippen LogP contribution < -0.4 is 23.7 Å². The zero-order chi connectivity index (χ0) is 23.5. The molecule has 2 aromatic rings. The third kappa shape index (κ3) is 3.99. The fraction of sp³-hybridized carbons (Fsp3) is 0.417. The smallest absolute Gasteiger partial charge is 0.310 e. The molecule has 2 aromatic carbocycles. The Morgan fingerprint density at radius 1 is 0.970 bits per heavy atom. The Labute approximate surface area is 192 Å². The fourth-order valence-corrected chi connectivity index (χ4v) is 4.69. The molecule has 0 aromatic heterocycles. The number of benzene rings is 2. The van der Waals surface area contributed by atoms with Gasteiger partial charge in [-0.15, -0.1) is 0 Å². The lowest BCUT2D eigenvalue weighted by molar-refractivity contribution is -0.147. The molecule has 1 aliphatic carbocycles. The summed E-state index contributed by atoms with van der Waals surface area (Å²) in [6.45, 7) is 0.155. The molecule has 2 aliphatic rings. The fourth-order valence-electron chi connectivity index (χ4n) is 4.69. The predicted octanol–water partition coefficient (Wildman–Crippen LogP) is 3.17. The number of hydrogen-bond donors (Lipinski definition) is 0. The van der Waals surface area contributed by atoms with Gasteiger partial charge in [0.2, 0.25) is 12.5 Å². The number of methoxy groups -OCH3 is 4. The van der Waals surface area contributed by atoms with Crippen LogP contribution in [0.1, 0.15) is 22.6 Å². The van der Waals surface area contributed by atoms with Crippen LogP contribution in [-0.4, -0.2) is 54.5 Å².